The summed E-state index contributed by atoms with van der Waals surface area (Å²) in [7, 11) is 0. The van der Waals surface area contributed by atoms with Crippen molar-refractivity contribution in [3.63, 3.8) is 0 Å². The molecular formula is C13H15NO4. The standard InChI is InChI=1S/C13H15NO4/c15-13(11-2-1-5-16-11)14-9-3-4-10-12(8-9)18-7-6-17-10/h3-4,8,11H,1-2,5-7H2,(H,14,15)/t11-/m1/s1. The molecule has 2 aliphatic rings. The fourth-order valence-electron chi connectivity index (χ4n) is 2.13. The van der Waals surface area contributed by atoms with E-state index in [4.69, 9.17) is 14.2 Å². The van der Waals surface area contributed by atoms with Crippen LogP contribution in [0.15, 0.2) is 18.2 Å². The first-order valence-corrected chi connectivity index (χ1v) is 6.15. The first kappa shape index (κ1) is 11.3. The first-order chi connectivity index (χ1) is 8.83. The van der Waals surface area contributed by atoms with Crippen LogP contribution in [0.3, 0.4) is 0 Å². The van der Waals surface area contributed by atoms with Crippen LogP contribution in [-0.4, -0.2) is 31.8 Å². The summed E-state index contributed by atoms with van der Waals surface area (Å²) < 4.78 is 16.2. The predicted octanol–water partition coefficient (Wildman–Crippen LogP) is 1.58. The summed E-state index contributed by atoms with van der Waals surface area (Å²) in [4.78, 5) is 11.9. The van der Waals surface area contributed by atoms with E-state index in [-0.39, 0.29) is 12.0 Å². The van der Waals surface area contributed by atoms with E-state index in [1.54, 1.807) is 18.2 Å². The number of amides is 1. The summed E-state index contributed by atoms with van der Waals surface area (Å²) in [5.74, 6) is 1.30. The monoisotopic (exact) mass is 249 g/mol. The van der Waals surface area contributed by atoms with Gasteiger partial charge in [0.1, 0.15) is 19.3 Å². The zero-order chi connectivity index (χ0) is 12.4. The van der Waals surface area contributed by atoms with E-state index >= 15 is 0 Å². The maximum absolute atomic E-state index is 11.9. The van der Waals surface area contributed by atoms with Gasteiger partial charge >= 0.3 is 0 Å². The van der Waals surface area contributed by atoms with Crippen LogP contribution in [0, 0.1) is 0 Å². The molecule has 1 aromatic rings. The average Bonchev–Trinajstić information content (AvgIpc) is 2.92. The van der Waals surface area contributed by atoms with Crippen molar-refractivity contribution in [3.05, 3.63) is 18.2 Å². The molecule has 1 atom stereocenters. The summed E-state index contributed by atoms with van der Waals surface area (Å²) in [6.07, 6.45) is 1.41. The third-order valence-electron chi connectivity index (χ3n) is 3.03. The van der Waals surface area contributed by atoms with E-state index in [0.717, 1.165) is 18.6 Å². The number of hydrogen-bond donors (Lipinski definition) is 1. The largest absolute Gasteiger partial charge is 0.486 e. The molecule has 5 heteroatoms. The molecule has 0 aromatic heterocycles. The number of hydrogen-bond acceptors (Lipinski definition) is 4. The Morgan fingerprint density at radius 3 is 2.78 bits per heavy atom. The Kier molecular flexibility index (Phi) is 3.06. The second-order valence-corrected chi connectivity index (χ2v) is 4.35. The fraction of sp³-hybridized carbons (Fsp3) is 0.462. The van der Waals surface area contributed by atoms with Gasteiger partial charge in [0.05, 0.1) is 0 Å². The lowest BCUT2D eigenvalue weighted by atomic mass is 10.2. The molecular weight excluding hydrogens is 234 g/mol. The SMILES string of the molecule is O=C(Nc1ccc2c(c1)OCCO2)[C@H]1CCCO1. The highest BCUT2D eigenvalue weighted by molar-refractivity contribution is 5.94. The van der Waals surface area contributed by atoms with Crippen molar-refractivity contribution in [2.45, 2.75) is 18.9 Å². The van der Waals surface area contributed by atoms with Crippen LogP contribution in [0.1, 0.15) is 12.8 Å². The lowest BCUT2D eigenvalue weighted by Gasteiger charge is -2.19. The van der Waals surface area contributed by atoms with Gasteiger partial charge in [0.25, 0.3) is 5.91 Å². The van der Waals surface area contributed by atoms with Crippen molar-refractivity contribution in [1.29, 1.82) is 0 Å². The zero-order valence-corrected chi connectivity index (χ0v) is 9.98. The van der Waals surface area contributed by atoms with Crippen molar-refractivity contribution in [3.8, 4) is 11.5 Å². The molecule has 2 heterocycles. The Morgan fingerprint density at radius 1 is 1.17 bits per heavy atom. The van der Waals surface area contributed by atoms with Crippen molar-refractivity contribution in [1.82, 2.24) is 0 Å². The molecule has 0 aliphatic carbocycles. The van der Waals surface area contributed by atoms with Crippen LogP contribution in [0.2, 0.25) is 0 Å². The number of ether oxygens (including phenoxy) is 3. The molecule has 2 aliphatic heterocycles. The second-order valence-electron chi connectivity index (χ2n) is 4.35. The minimum Gasteiger partial charge on any atom is -0.486 e. The van der Waals surface area contributed by atoms with Gasteiger partial charge in [0.2, 0.25) is 0 Å². The lowest BCUT2D eigenvalue weighted by Crippen LogP contribution is -2.27. The predicted molar refractivity (Wildman–Crippen MR) is 65.0 cm³/mol. The van der Waals surface area contributed by atoms with Gasteiger partial charge in [-0.3, -0.25) is 4.79 Å². The molecule has 1 aromatic carbocycles. The van der Waals surface area contributed by atoms with Gasteiger partial charge in [-0.1, -0.05) is 0 Å². The molecule has 0 spiro atoms. The van der Waals surface area contributed by atoms with E-state index in [0.29, 0.717) is 31.3 Å². The Hall–Kier alpha value is -1.75. The highest BCUT2D eigenvalue weighted by Crippen LogP contribution is 2.32. The summed E-state index contributed by atoms with van der Waals surface area (Å²) >= 11 is 0. The molecule has 0 radical (unpaired) electrons. The van der Waals surface area contributed by atoms with Crippen molar-refractivity contribution in [2.75, 3.05) is 25.1 Å². The molecule has 1 amide bonds. The van der Waals surface area contributed by atoms with Crippen LogP contribution < -0.4 is 14.8 Å². The van der Waals surface area contributed by atoms with Crippen LogP contribution >= 0.6 is 0 Å². The molecule has 18 heavy (non-hydrogen) atoms. The summed E-state index contributed by atoms with van der Waals surface area (Å²) in [5, 5.41) is 2.83. The number of nitrogens with one attached hydrogen (secondary N) is 1. The van der Waals surface area contributed by atoms with E-state index in [1.165, 1.54) is 0 Å². The summed E-state index contributed by atoms with van der Waals surface area (Å²) in [6.45, 7) is 1.77. The minimum absolute atomic E-state index is 0.0934. The molecule has 0 saturated carbocycles. The average molecular weight is 249 g/mol. The Balaban J connectivity index is 1.70. The van der Waals surface area contributed by atoms with E-state index < -0.39 is 0 Å². The van der Waals surface area contributed by atoms with E-state index in [9.17, 15) is 4.79 Å². The molecule has 1 fully saturated rings. The van der Waals surface area contributed by atoms with Gasteiger partial charge in [-0.05, 0) is 25.0 Å². The summed E-state index contributed by atoms with van der Waals surface area (Å²) in [5.41, 5.74) is 0.708. The maximum atomic E-state index is 11.9. The van der Waals surface area contributed by atoms with Crippen LogP contribution in [0.4, 0.5) is 5.69 Å². The van der Waals surface area contributed by atoms with Gasteiger partial charge in [0.15, 0.2) is 11.5 Å². The van der Waals surface area contributed by atoms with Crippen molar-refractivity contribution < 1.29 is 19.0 Å². The zero-order valence-electron chi connectivity index (χ0n) is 9.98. The number of anilines is 1. The highest BCUT2D eigenvalue weighted by Gasteiger charge is 2.24. The molecule has 0 bridgehead atoms. The molecule has 5 nitrogen and oxygen atoms in total. The topological polar surface area (TPSA) is 56.8 Å². The van der Waals surface area contributed by atoms with Gasteiger partial charge in [0, 0.05) is 18.4 Å². The van der Waals surface area contributed by atoms with Crippen molar-refractivity contribution in [2.24, 2.45) is 0 Å². The molecule has 96 valence electrons. The van der Waals surface area contributed by atoms with Gasteiger partial charge in [-0.25, -0.2) is 0 Å². The minimum atomic E-state index is -0.321. The van der Waals surface area contributed by atoms with Crippen LogP contribution in [0.5, 0.6) is 11.5 Å². The van der Waals surface area contributed by atoms with E-state index in [2.05, 4.69) is 5.32 Å². The molecule has 0 unspecified atom stereocenters. The fourth-order valence-corrected chi connectivity index (χ4v) is 2.13. The maximum Gasteiger partial charge on any atom is 0.253 e. The summed E-state index contributed by atoms with van der Waals surface area (Å²) in [6, 6.07) is 5.39. The number of carbonyl (C=O) groups is 1. The highest BCUT2D eigenvalue weighted by atomic mass is 16.6. The number of fused-ring (bicyclic) bond motifs is 1. The first-order valence-electron chi connectivity index (χ1n) is 6.15. The Morgan fingerprint density at radius 2 is 2.00 bits per heavy atom. The molecule has 3 rings (SSSR count). The van der Waals surface area contributed by atoms with Crippen LogP contribution in [-0.2, 0) is 9.53 Å². The molecule has 1 saturated heterocycles. The Bertz CT molecular complexity index is 454. The van der Waals surface area contributed by atoms with Gasteiger partial charge in [-0.2, -0.15) is 0 Å². The van der Waals surface area contributed by atoms with Crippen LogP contribution in [0.25, 0.3) is 0 Å². The van der Waals surface area contributed by atoms with Gasteiger partial charge in [-0.15, -0.1) is 0 Å². The Labute approximate surface area is 105 Å². The quantitative estimate of drug-likeness (QED) is 0.864. The smallest absolute Gasteiger partial charge is 0.253 e. The lowest BCUT2D eigenvalue weighted by molar-refractivity contribution is -0.124. The molecule has 1 N–H and O–H groups in total. The van der Waals surface area contributed by atoms with E-state index in [1.807, 2.05) is 0 Å². The number of rotatable bonds is 2. The normalized spacial score (nSPS) is 21.7. The number of benzene rings is 1. The third-order valence-corrected chi connectivity index (χ3v) is 3.03. The second kappa shape index (κ2) is 4.86. The van der Waals surface area contributed by atoms with Crippen molar-refractivity contribution >= 4 is 11.6 Å². The van der Waals surface area contributed by atoms with Gasteiger partial charge < -0.3 is 19.5 Å². The third kappa shape index (κ3) is 2.26. The number of carbonyl (C=O) groups excluding carboxylic acids is 1.